The average Bonchev–Trinajstić information content (AvgIpc) is 2.82. The Morgan fingerprint density at radius 3 is 2.80 bits per heavy atom. The van der Waals surface area contributed by atoms with Gasteiger partial charge in [0, 0.05) is 24.6 Å². The van der Waals surface area contributed by atoms with E-state index >= 15 is 0 Å². The van der Waals surface area contributed by atoms with Gasteiger partial charge in [0.1, 0.15) is 10.7 Å². The van der Waals surface area contributed by atoms with Crippen LogP contribution < -0.4 is 10.0 Å². The van der Waals surface area contributed by atoms with Crippen LogP contribution in [0.4, 0.5) is 5.82 Å². The topological polar surface area (TPSA) is 110 Å². The Hall–Kier alpha value is -1.52. The molecule has 2 aromatic rings. The number of nitrogens with one attached hydrogen (secondary N) is 2. The monoisotopic (exact) mass is 361 g/mol. The van der Waals surface area contributed by atoms with Crippen molar-refractivity contribution in [3.05, 3.63) is 28.5 Å². The van der Waals surface area contributed by atoms with Crippen LogP contribution >= 0.6 is 15.9 Å². The van der Waals surface area contributed by atoms with E-state index in [1.54, 1.807) is 14.0 Å². The molecule has 2 rings (SSSR count). The molecule has 0 aromatic carbocycles. The fourth-order valence-electron chi connectivity index (χ4n) is 1.46. The molecule has 0 spiro atoms. The predicted molar refractivity (Wildman–Crippen MR) is 74.5 cm³/mol. The molecule has 10 heteroatoms. The fourth-order valence-corrected chi connectivity index (χ4v) is 3.11. The van der Waals surface area contributed by atoms with Crippen LogP contribution in [0.3, 0.4) is 0 Å². The van der Waals surface area contributed by atoms with E-state index in [9.17, 15) is 8.42 Å². The number of anilines is 1. The van der Waals surface area contributed by atoms with Crippen LogP contribution in [-0.4, -0.2) is 30.6 Å². The van der Waals surface area contributed by atoms with E-state index in [-0.39, 0.29) is 23.1 Å². The van der Waals surface area contributed by atoms with Gasteiger partial charge in [-0.25, -0.2) is 18.1 Å². The zero-order valence-corrected chi connectivity index (χ0v) is 13.1. The summed E-state index contributed by atoms with van der Waals surface area (Å²) in [6.07, 6.45) is 1.51. The van der Waals surface area contributed by atoms with Gasteiger partial charge in [0.25, 0.3) is 0 Å². The van der Waals surface area contributed by atoms with E-state index in [4.69, 9.17) is 4.52 Å². The average molecular weight is 362 g/mol. The smallest absolute Gasteiger partial charge is 0.244 e. The minimum Gasteiger partial charge on any atom is -0.372 e. The van der Waals surface area contributed by atoms with Gasteiger partial charge in [-0.2, -0.15) is 4.98 Å². The van der Waals surface area contributed by atoms with Crippen LogP contribution in [0.15, 0.2) is 26.2 Å². The maximum absolute atomic E-state index is 12.2. The number of hydrogen-bond donors (Lipinski definition) is 2. The number of sulfonamides is 1. The van der Waals surface area contributed by atoms with Gasteiger partial charge in [0.15, 0.2) is 5.82 Å². The molecule has 0 fully saturated rings. The van der Waals surface area contributed by atoms with Gasteiger partial charge in [-0.15, -0.1) is 0 Å². The summed E-state index contributed by atoms with van der Waals surface area (Å²) in [5.41, 5.74) is 0. The summed E-state index contributed by atoms with van der Waals surface area (Å²) < 4.78 is 32.2. The number of nitrogens with zero attached hydrogens (tertiary/aromatic N) is 3. The highest BCUT2D eigenvalue weighted by Crippen LogP contribution is 2.22. The lowest BCUT2D eigenvalue weighted by Gasteiger charge is -2.09. The summed E-state index contributed by atoms with van der Waals surface area (Å²) in [5, 5.41) is 6.35. The molecule has 2 heterocycles. The van der Waals surface area contributed by atoms with Crippen LogP contribution in [0.2, 0.25) is 0 Å². The molecule has 8 nitrogen and oxygen atoms in total. The first-order valence-corrected chi connectivity index (χ1v) is 7.82. The van der Waals surface area contributed by atoms with Crippen molar-refractivity contribution >= 4 is 31.8 Å². The van der Waals surface area contributed by atoms with Gasteiger partial charge in [-0.3, -0.25) is 0 Å². The van der Waals surface area contributed by atoms with Gasteiger partial charge in [-0.05, 0) is 22.0 Å². The van der Waals surface area contributed by atoms with Gasteiger partial charge < -0.3 is 9.84 Å². The standard InChI is InChI=1S/C10H12BrN5O3S/c1-6-15-9(16-19-6)5-14-20(17,18)8-3-7(11)4-13-10(8)12-2/h3-4,14H,5H2,1-2H3,(H,12,13). The molecule has 20 heavy (non-hydrogen) atoms. The molecule has 0 saturated heterocycles. The Labute approximate surface area is 124 Å². The summed E-state index contributed by atoms with van der Waals surface area (Å²) in [5.74, 6) is 0.893. The summed E-state index contributed by atoms with van der Waals surface area (Å²) in [6, 6.07) is 1.46. The van der Waals surface area contributed by atoms with Gasteiger partial charge >= 0.3 is 0 Å². The third-order valence-corrected chi connectivity index (χ3v) is 4.18. The first-order valence-electron chi connectivity index (χ1n) is 5.54. The lowest BCUT2D eigenvalue weighted by molar-refractivity contribution is 0.387. The molecular formula is C10H12BrN5O3S. The number of aromatic nitrogens is 3. The van der Waals surface area contributed by atoms with Crippen LogP contribution in [0.5, 0.6) is 0 Å². The highest BCUT2D eigenvalue weighted by atomic mass is 79.9. The second kappa shape index (κ2) is 5.85. The van der Waals surface area contributed by atoms with E-state index < -0.39 is 10.0 Å². The molecule has 2 N–H and O–H groups in total. The van der Waals surface area contributed by atoms with Gasteiger partial charge in [0.05, 0.1) is 6.54 Å². The quantitative estimate of drug-likeness (QED) is 0.818. The zero-order valence-electron chi connectivity index (χ0n) is 10.7. The maximum Gasteiger partial charge on any atom is 0.244 e. The van der Waals surface area contributed by atoms with Crippen molar-refractivity contribution in [3.63, 3.8) is 0 Å². The summed E-state index contributed by atoms with van der Waals surface area (Å²) in [7, 11) is -2.15. The SMILES string of the molecule is CNc1ncc(Br)cc1S(=O)(=O)NCc1noc(C)n1. The van der Waals surface area contributed by atoms with Gasteiger partial charge in [-0.1, -0.05) is 5.16 Å². The lowest BCUT2D eigenvalue weighted by Crippen LogP contribution is -2.25. The Balaban J connectivity index is 2.24. The van der Waals surface area contributed by atoms with Crippen molar-refractivity contribution in [2.24, 2.45) is 0 Å². The second-order valence-corrected chi connectivity index (χ2v) is 6.46. The number of rotatable bonds is 5. The number of hydrogen-bond acceptors (Lipinski definition) is 7. The highest BCUT2D eigenvalue weighted by molar-refractivity contribution is 9.10. The molecule has 0 atom stereocenters. The molecule has 0 aliphatic carbocycles. The fraction of sp³-hybridized carbons (Fsp3) is 0.300. The molecule has 0 unspecified atom stereocenters. The summed E-state index contributed by atoms with van der Waals surface area (Å²) in [4.78, 5) is 7.95. The summed E-state index contributed by atoms with van der Waals surface area (Å²) in [6.45, 7) is 1.57. The molecule has 2 aromatic heterocycles. The van der Waals surface area contributed by atoms with E-state index in [0.717, 1.165) is 0 Å². The highest BCUT2D eigenvalue weighted by Gasteiger charge is 2.20. The van der Waals surface area contributed by atoms with Crippen molar-refractivity contribution in [2.45, 2.75) is 18.4 Å². The molecule has 108 valence electrons. The predicted octanol–water partition coefficient (Wildman–Crippen LogP) is 1.06. The molecule has 0 radical (unpaired) electrons. The molecule has 0 aliphatic heterocycles. The van der Waals surface area contributed by atoms with Crippen molar-refractivity contribution in [1.29, 1.82) is 0 Å². The van der Waals surface area contributed by atoms with Crippen molar-refractivity contribution in [2.75, 3.05) is 12.4 Å². The van der Waals surface area contributed by atoms with Crippen molar-refractivity contribution in [1.82, 2.24) is 19.8 Å². The van der Waals surface area contributed by atoms with Crippen molar-refractivity contribution in [3.8, 4) is 0 Å². The Morgan fingerprint density at radius 1 is 1.45 bits per heavy atom. The first-order chi connectivity index (χ1) is 9.42. The zero-order chi connectivity index (χ0) is 14.8. The Kier molecular flexibility index (Phi) is 4.35. The Morgan fingerprint density at radius 2 is 2.20 bits per heavy atom. The number of aryl methyl sites for hydroxylation is 1. The normalized spacial score (nSPS) is 11.6. The van der Waals surface area contributed by atoms with E-state index in [1.165, 1.54) is 12.3 Å². The molecule has 0 aliphatic rings. The van der Waals surface area contributed by atoms with E-state index in [2.05, 4.69) is 41.1 Å². The lowest BCUT2D eigenvalue weighted by atomic mass is 10.4. The van der Waals surface area contributed by atoms with E-state index in [1.807, 2.05) is 0 Å². The minimum atomic E-state index is -3.74. The number of pyridine rings is 1. The van der Waals surface area contributed by atoms with Crippen LogP contribution in [0.25, 0.3) is 0 Å². The second-order valence-electron chi connectivity index (χ2n) is 3.80. The Bertz CT molecular complexity index is 715. The van der Waals surface area contributed by atoms with Crippen molar-refractivity contribution < 1.29 is 12.9 Å². The molecule has 0 amide bonds. The van der Waals surface area contributed by atoms with E-state index in [0.29, 0.717) is 10.4 Å². The van der Waals surface area contributed by atoms with Crippen LogP contribution in [0.1, 0.15) is 11.7 Å². The first kappa shape index (κ1) is 14.9. The maximum atomic E-state index is 12.2. The molecular weight excluding hydrogens is 350 g/mol. The van der Waals surface area contributed by atoms with Crippen LogP contribution in [0, 0.1) is 6.92 Å². The van der Waals surface area contributed by atoms with Crippen LogP contribution in [-0.2, 0) is 16.6 Å². The third kappa shape index (κ3) is 3.32. The number of halogens is 1. The molecule has 0 bridgehead atoms. The minimum absolute atomic E-state index is 0.0367. The third-order valence-electron chi connectivity index (χ3n) is 2.34. The molecule has 0 saturated carbocycles. The largest absolute Gasteiger partial charge is 0.372 e. The van der Waals surface area contributed by atoms with Gasteiger partial charge in [0.2, 0.25) is 15.9 Å². The summed E-state index contributed by atoms with van der Waals surface area (Å²) >= 11 is 3.20.